The van der Waals surface area contributed by atoms with E-state index in [9.17, 15) is 4.57 Å². The fourth-order valence-corrected chi connectivity index (χ4v) is 3.16. The SMILES string of the molecule is CC(C)(C)C(C)(COP(C)(=O)OCCCO)C(C)(C)C. The molecule has 0 fully saturated rings. The van der Waals surface area contributed by atoms with E-state index in [1.807, 2.05) is 0 Å². The molecule has 0 aromatic rings. The molecule has 1 atom stereocenters. The van der Waals surface area contributed by atoms with E-state index < -0.39 is 7.60 Å². The summed E-state index contributed by atoms with van der Waals surface area (Å²) in [7, 11) is -3.07. The molecule has 0 heterocycles. The molecule has 5 heteroatoms. The Morgan fingerprint density at radius 2 is 1.40 bits per heavy atom. The lowest BCUT2D eigenvalue weighted by Gasteiger charge is -2.51. The van der Waals surface area contributed by atoms with Crippen LogP contribution in [-0.2, 0) is 13.6 Å². The minimum absolute atomic E-state index is 0.0103. The quantitative estimate of drug-likeness (QED) is 0.562. The van der Waals surface area contributed by atoms with Gasteiger partial charge in [0.2, 0.25) is 0 Å². The van der Waals surface area contributed by atoms with Crippen LogP contribution in [0.2, 0.25) is 0 Å². The molecule has 122 valence electrons. The summed E-state index contributed by atoms with van der Waals surface area (Å²) in [6.45, 7) is 17.4. The summed E-state index contributed by atoms with van der Waals surface area (Å²) >= 11 is 0. The molecule has 0 radical (unpaired) electrons. The molecular formula is C15H33O4P. The second-order valence-corrected chi connectivity index (χ2v) is 9.85. The molecule has 0 spiro atoms. The van der Waals surface area contributed by atoms with E-state index in [0.29, 0.717) is 13.0 Å². The summed E-state index contributed by atoms with van der Waals surface area (Å²) < 4.78 is 23.2. The van der Waals surface area contributed by atoms with E-state index >= 15 is 0 Å². The number of aliphatic hydroxyl groups excluding tert-OH is 1. The predicted octanol–water partition coefficient (Wildman–Crippen LogP) is 4.32. The van der Waals surface area contributed by atoms with E-state index in [1.54, 1.807) is 0 Å². The molecule has 1 N–H and O–H groups in total. The van der Waals surface area contributed by atoms with Gasteiger partial charge >= 0.3 is 7.60 Å². The van der Waals surface area contributed by atoms with Gasteiger partial charge in [-0.3, -0.25) is 4.57 Å². The highest BCUT2D eigenvalue weighted by Gasteiger charge is 2.47. The monoisotopic (exact) mass is 308 g/mol. The van der Waals surface area contributed by atoms with Gasteiger partial charge in [-0.1, -0.05) is 48.5 Å². The first-order valence-electron chi connectivity index (χ1n) is 7.24. The molecule has 20 heavy (non-hydrogen) atoms. The van der Waals surface area contributed by atoms with Gasteiger partial charge in [-0.15, -0.1) is 0 Å². The zero-order valence-corrected chi connectivity index (χ0v) is 15.3. The minimum atomic E-state index is -3.07. The largest absolute Gasteiger partial charge is 0.396 e. The van der Waals surface area contributed by atoms with Crippen LogP contribution in [0, 0.1) is 16.2 Å². The predicted molar refractivity (Wildman–Crippen MR) is 84.2 cm³/mol. The normalized spacial score (nSPS) is 17.1. The summed E-state index contributed by atoms with van der Waals surface area (Å²) in [5, 5.41) is 8.73. The van der Waals surface area contributed by atoms with Crippen LogP contribution in [0.15, 0.2) is 0 Å². The smallest absolute Gasteiger partial charge is 0.327 e. The summed E-state index contributed by atoms with van der Waals surface area (Å²) in [5.41, 5.74) is -0.126. The van der Waals surface area contributed by atoms with Crippen molar-refractivity contribution in [2.75, 3.05) is 26.5 Å². The minimum Gasteiger partial charge on any atom is -0.396 e. The first kappa shape index (κ1) is 20.1. The van der Waals surface area contributed by atoms with Crippen LogP contribution in [0.1, 0.15) is 54.9 Å². The van der Waals surface area contributed by atoms with Crippen molar-refractivity contribution in [2.24, 2.45) is 16.2 Å². The van der Waals surface area contributed by atoms with Gasteiger partial charge in [-0.05, 0) is 17.3 Å². The molecule has 0 amide bonds. The van der Waals surface area contributed by atoms with Crippen molar-refractivity contribution >= 4 is 7.60 Å². The third kappa shape index (κ3) is 5.48. The van der Waals surface area contributed by atoms with Gasteiger partial charge in [0.25, 0.3) is 0 Å². The molecule has 0 rings (SSSR count). The highest BCUT2D eigenvalue weighted by molar-refractivity contribution is 7.52. The van der Waals surface area contributed by atoms with Gasteiger partial charge in [0.15, 0.2) is 0 Å². The van der Waals surface area contributed by atoms with Crippen molar-refractivity contribution in [2.45, 2.75) is 54.9 Å². The van der Waals surface area contributed by atoms with Gasteiger partial charge in [-0.2, -0.15) is 0 Å². The molecule has 0 bridgehead atoms. The molecule has 0 aliphatic carbocycles. The maximum Gasteiger partial charge on any atom is 0.327 e. The maximum absolute atomic E-state index is 12.3. The van der Waals surface area contributed by atoms with Crippen molar-refractivity contribution in [1.82, 2.24) is 0 Å². The Hall–Kier alpha value is 0.110. The topological polar surface area (TPSA) is 55.8 Å². The number of aliphatic hydroxyl groups is 1. The Labute approximate surface area is 124 Å². The Morgan fingerprint density at radius 3 is 1.75 bits per heavy atom. The van der Waals surface area contributed by atoms with E-state index in [2.05, 4.69) is 48.5 Å². The molecule has 0 aliphatic rings. The fraction of sp³-hybridized carbons (Fsp3) is 1.00. The molecule has 1 unspecified atom stereocenters. The van der Waals surface area contributed by atoms with Gasteiger partial charge in [0.1, 0.15) is 0 Å². The first-order valence-corrected chi connectivity index (χ1v) is 9.23. The zero-order valence-electron chi connectivity index (χ0n) is 14.4. The van der Waals surface area contributed by atoms with Crippen LogP contribution in [0.3, 0.4) is 0 Å². The van der Waals surface area contributed by atoms with Crippen molar-refractivity contribution in [1.29, 1.82) is 0 Å². The Bertz CT molecular complexity index is 325. The average molecular weight is 308 g/mol. The number of rotatable bonds is 7. The van der Waals surface area contributed by atoms with Crippen LogP contribution in [0.4, 0.5) is 0 Å². The number of hydrogen-bond acceptors (Lipinski definition) is 4. The van der Waals surface area contributed by atoms with Crippen LogP contribution in [0.5, 0.6) is 0 Å². The second kappa shape index (κ2) is 6.91. The number of hydrogen-bond donors (Lipinski definition) is 1. The molecule has 0 aromatic carbocycles. The summed E-state index contributed by atoms with van der Waals surface area (Å²) in [5.74, 6) is 0. The van der Waals surface area contributed by atoms with E-state index in [1.165, 1.54) is 6.66 Å². The summed E-state index contributed by atoms with van der Waals surface area (Å²) in [6, 6.07) is 0. The van der Waals surface area contributed by atoms with Crippen LogP contribution in [-0.4, -0.2) is 31.6 Å². The zero-order chi connectivity index (χ0) is 16.2. The van der Waals surface area contributed by atoms with Gasteiger partial charge in [0.05, 0.1) is 13.2 Å². The van der Waals surface area contributed by atoms with E-state index in [0.717, 1.165) is 0 Å². The highest BCUT2D eigenvalue weighted by Crippen LogP contribution is 2.55. The van der Waals surface area contributed by atoms with E-state index in [4.69, 9.17) is 14.2 Å². The fourth-order valence-electron chi connectivity index (χ4n) is 2.14. The third-order valence-electron chi connectivity index (χ3n) is 4.53. The lowest BCUT2D eigenvalue weighted by molar-refractivity contribution is -0.0546. The van der Waals surface area contributed by atoms with Crippen LogP contribution >= 0.6 is 7.60 Å². The molecule has 4 nitrogen and oxygen atoms in total. The second-order valence-electron chi connectivity index (χ2n) is 7.79. The molecule has 0 saturated heterocycles. The van der Waals surface area contributed by atoms with Gasteiger partial charge < -0.3 is 14.2 Å². The summed E-state index contributed by atoms with van der Waals surface area (Å²) in [6.07, 6.45) is 0.469. The van der Waals surface area contributed by atoms with Gasteiger partial charge in [-0.25, -0.2) is 0 Å². The van der Waals surface area contributed by atoms with Crippen molar-refractivity contribution < 1.29 is 18.7 Å². The standard InChI is InChI=1S/C15H33O4P/c1-13(2,3)15(7,14(4,5)6)12-19-20(8,17)18-11-9-10-16/h16H,9-12H2,1-8H3. The molecule has 0 aliphatic heterocycles. The average Bonchev–Trinajstić information content (AvgIpc) is 2.23. The van der Waals surface area contributed by atoms with Crippen molar-refractivity contribution in [3.05, 3.63) is 0 Å². The van der Waals surface area contributed by atoms with Crippen LogP contribution in [0.25, 0.3) is 0 Å². The van der Waals surface area contributed by atoms with Gasteiger partial charge in [0, 0.05) is 18.7 Å². The first-order chi connectivity index (χ1) is 8.77. The summed E-state index contributed by atoms with van der Waals surface area (Å²) in [4.78, 5) is 0. The van der Waals surface area contributed by atoms with Crippen molar-refractivity contribution in [3.63, 3.8) is 0 Å². The van der Waals surface area contributed by atoms with E-state index in [-0.39, 0.29) is 29.5 Å². The molecule has 0 saturated carbocycles. The lowest BCUT2D eigenvalue weighted by atomic mass is 9.55. The third-order valence-corrected chi connectivity index (χ3v) is 5.78. The molecule has 0 aromatic heterocycles. The Balaban J connectivity index is 4.85. The Kier molecular flexibility index (Phi) is 6.95. The van der Waals surface area contributed by atoms with Crippen molar-refractivity contribution in [3.8, 4) is 0 Å². The Morgan fingerprint density at radius 1 is 0.950 bits per heavy atom. The van der Waals surface area contributed by atoms with Crippen LogP contribution < -0.4 is 0 Å². The molecular weight excluding hydrogens is 275 g/mol. The highest BCUT2D eigenvalue weighted by atomic mass is 31.2. The lowest BCUT2D eigenvalue weighted by Crippen LogP contribution is -2.47. The maximum atomic E-state index is 12.3.